The van der Waals surface area contributed by atoms with Crippen LogP contribution < -0.4 is 0 Å². The molecule has 2 aliphatic rings. The van der Waals surface area contributed by atoms with E-state index in [0.29, 0.717) is 25.1 Å². The van der Waals surface area contributed by atoms with Gasteiger partial charge in [-0.2, -0.15) is 4.31 Å². The number of carbonyl (C=O) groups is 2. The van der Waals surface area contributed by atoms with E-state index in [9.17, 15) is 22.4 Å². The quantitative estimate of drug-likeness (QED) is 0.747. The van der Waals surface area contributed by atoms with Crippen molar-refractivity contribution in [1.82, 2.24) is 14.1 Å². The Hall–Kier alpha value is -2.00. The van der Waals surface area contributed by atoms with Crippen molar-refractivity contribution in [2.45, 2.75) is 38.1 Å². The average molecular weight is 411 g/mol. The van der Waals surface area contributed by atoms with Crippen LogP contribution in [0.4, 0.5) is 4.39 Å². The standard InChI is InChI=1S/C19H26FN3O4S/c1-13(2)10-21-12-18(24)23-8-4-7-22(11-16(23)19(21)25)28(26,27)17-9-15(20)6-5-14(17)3/h5-6,9,13,16H,4,7-8,10-12H2,1-3H3. The molecule has 9 heteroatoms. The number of sulfonamides is 1. The van der Waals surface area contributed by atoms with E-state index < -0.39 is 21.9 Å². The number of halogens is 1. The van der Waals surface area contributed by atoms with Crippen molar-refractivity contribution in [3.8, 4) is 0 Å². The largest absolute Gasteiger partial charge is 0.331 e. The lowest BCUT2D eigenvalue weighted by Gasteiger charge is -2.40. The highest BCUT2D eigenvalue weighted by atomic mass is 32.2. The predicted molar refractivity (Wildman–Crippen MR) is 101 cm³/mol. The van der Waals surface area contributed by atoms with Crippen molar-refractivity contribution in [3.05, 3.63) is 29.6 Å². The fourth-order valence-corrected chi connectivity index (χ4v) is 5.53. The van der Waals surface area contributed by atoms with Gasteiger partial charge in [0.1, 0.15) is 11.9 Å². The molecule has 0 aromatic heterocycles. The molecule has 3 rings (SSSR count). The van der Waals surface area contributed by atoms with Gasteiger partial charge in [0, 0.05) is 26.2 Å². The minimum Gasteiger partial charge on any atom is -0.331 e. The summed E-state index contributed by atoms with van der Waals surface area (Å²) in [4.78, 5) is 28.4. The average Bonchev–Trinajstić information content (AvgIpc) is 2.85. The van der Waals surface area contributed by atoms with Gasteiger partial charge in [0.25, 0.3) is 0 Å². The van der Waals surface area contributed by atoms with Crippen LogP contribution in [0.1, 0.15) is 25.8 Å². The Morgan fingerprint density at radius 2 is 1.93 bits per heavy atom. The van der Waals surface area contributed by atoms with E-state index in [-0.39, 0.29) is 42.3 Å². The number of amides is 2. The molecule has 1 aromatic carbocycles. The number of nitrogens with zero attached hydrogens (tertiary/aromatic N) is 3. The monoisotopic (exact) mass is 411 g/mol. The van der Waals surface area contributed by atoms with E-state index in [0.717, 1.165) is 6.07 Å². The van der Waals surface area contributed by atoms with Crippen LogP contribution in [0.2, 0.25) is 0 Å². The first-order chi connectivity index (χ1) is 13.1. The summed E-state index contributed by atoms with van der Waals surface area (Å²) in [6, 6.07) is 2.80. The van der Waals surface area contributed by atoms with Gasteiger partial charge in [-0.15, -0.1) is 0 Å². The number of aryl methyl sites for hydroxylation is 1. The molecular weight excluding hydrogens is 385 g/mol. The molecule has 1 aromatic rings. The second-order valence-corrected chi connectivity index (χ2v) is 9.75. The maximum Gasteiger partial charge on any atom is 0.247 e. The smallest absolute Gasteiger partial charge is 0.247 e. The van der Waals surface area contributed by atoms with E-state index in [1.165, 1.54) is 26.2 Å². The Kier molecular flexibility index (Phi) is 5.77. The number of carbonyl (C=O) groups excluding carboxylic acids is 2. The van der Waals surface area contributed by atoms with Crippen LogP contribution in [0, 0.1) is 18.7 Å². The molecule has 28 heavy (non-hydrogen) atoms. The highest BCUT2D eigenvalue weighted by Crippen LogP contribution is 2.26. The van der Waals surface area contributed by atoms with E-state index in [4.69, 9.17) is 0 Å². The lowest BCUT2D eigenvalue weighted by molar-refractivity contribution is -0.156. The summed E-state index contributed by atoms with van der Waals surface area (Å²) in [7, 11) is -3.99. The first-order valence-corrected chi connectivity index (χ1v) is 10.9. The number of rotatable bonds is 4. The van der Waals surface area contributed by atoms with Crippen LogP contribution in [0.15, 0.2) is 23.1 Å². The summed E-state index contributed by atoms with van der Waals surface area (Å²) < 4.78 is 41.2. The molecule has 1 unspecified atom stereocenters. The molecule has 0 bridgehead atoms. The molecule has 2 fully saturated rings. The molecule has 0 spiro atoms. The Morgan fingerprint density at radius 1 is 1.21 bits per heavy atom. The van der Waals surface area contributed by atoms with Gasteiger partial charge in [-0.05, 0) is 37.0 Å². The number of fused-ring (bicyclic) bond motifs is 1. The van der Waals surface area contributed by atoms with Crippen molar-refractivity contribution in [1.29, 1.82) is 0 Å². The molecular formula is C19H26FN3O4S. The molecule has 0 radical (unpaired) electrons. The third-order valence-electron chi connectivity index (χ3n) is 5.16. The Bertz CT molecular complexity index is 887. The van der Waals surface area contributed by atoms with Crippen molar-refractivity contribution < 1.29 is 22.4 Å². The Labute approximate surface area is 165 Å². The molecule has 0 saturated carbocycles. The summed E-state index contributed by atoms with van der Waals surface area (Å²) in [6.45, 7) is 6.40. The van der Waals surface area contributed by atoms with Crippen molar-refractivity contribution in [3.63, 3.8) is 0 Å². The van der Waals surface area contributed by atoms with E-state index in [1.807, 2.05) is 13.8 Å². The van der Waals surface area contributed by atoms with Gasteiger partial charge in [0.05, 0.1) is 11.4 Å². The van der Waals surface area contributed by atoms with Crippen LogP contribution >= 0.6 is 0 Å². The van der Waals surface area contributed by atoms with Crippen LogP contribution in [-0.2, 0) is 19.6 Å². The van der Waals surface area contributed by atoms with Crippen molar-refractivity contribution in [2.24, 2.45) is 5.92 Å². The van der Waals surface area contributed by atoms with Crippen LogP contribution in [0.5, 0.6) is 0 Å². The van der Waals surface area contributed by atoms with Crippen LogP contribution in [-0.4, -0.2) is 73.1 Å². The van der Waals surface area contributed by atoms with Gasteiger partial charge >= 0.3 is 0 Å². The second kappa shape index (κ2) is 7.79. The van der Waals surface area contributed by atoms with E-state index >= 15 is 0 Å². The first-order valence-electron chi connectivity index (χ1n) is 9.46. The highest BCUT2D eigenvalue weighted by molar-refractivity contribution is 7.89. The molecule has 154 valence electrons. The molecule has 2 saturated heterocycles. The number of hydrogen-bond donors (Lipinski definition) is 0. The summed E-state index contributed by atoms with van der Waals surface area (Å²) in [5.74, 6) is -0.825. The third-order valence-corrected chi connectivity index (χ3v) is 7.16. The number of piperazine rings is 1. The molecule has 2 amide bonds. The fourth-order valence-electron chi connectivity index (χ4n) is 3.81. The van der Waals surface area contributed by atoms with Gasteiger partial charge < -0.3 is 9.80 Å². The van der Waals surface area contributed by atoms with Gasteiger partial charge in [0.2, 0.25) is 21.8 Å². The Morgan fingerprint density at radius 3 is 2.61 bits per heavy atom. The van der Waals surface area contributed by atoms with Gasteiger partial charge in [-0.3, -0.25) is 9.59 Å². The normalized spacial score (nSPS) is 21.8. The second-order valence-electron chi connectivity index (χ2n) is 7.84. The van der Waals surface area contributed by atoms with Crippen molar-refractivity contribution >= 4 is 21.8 Å². The lowest BCUT2D eigenvalue weighted by Crippen LogP contribution is -2.62. The van der Waals surface area contributed by atoms with Crippen LogP contribution in [0.3, 0.4) is 0 Å². The molecule has 7 nitrogen and oxygen atoms in total. The van der Waals surface area contributed by atoms with E-state index in [2.05, 4.69) is 0 Å². The zero-order valence-electron chi connectivity index (χ0n) is 16.4. The number of benzene rings is 1. The highest BCUT2D eigenvalue weighted by Gasteiger charge is 2.43. The van der Waals surface area contributed by atoms with Gasteiger partial charge in [-0.1, -0.05) is 19.9 Å². The van der Waals surface area contributed by atoms with Crippen molar-refractivity contribution in [2.75, 3.05) is 32.7 Å². The Balaban J connectivity index is 1.92. The summed E-state index contributed by atoms with van der Waals surface area (Å²) >= 11 is 0. The summed E-state index contributed by atoms with van der Waals surface area (Å²) in [5, 5.41) is 0. The molecule has 0 aliphatic carbocycles. The zero-order chi connectivity index (χ0) is 20.6. The maximum absolute atomic E-state index is 13.7. The summed E-state index contributed by atoms with van der Waals surface area (Å²) in [5.41, 5.74) is 0.440. The van der Waals surface area contributed by atoms with Gasteiger partial charge in [0.15, 0.2) is 0 Å². The number of hydrogen-bond acceptors (Lipinski definition) is 4. The molecule has 2 heterocycles. The maximum atomic E-state index is 13.7. The SMILES string of the molecule is Cc1ccc(F)cc1S(=O)(=O)N1CCCN2C(=O)CN(CC(C)C)C(=O)C2C1. The molecule has 2 aliphatic heterocycles. The van der Waals surface area contributed by atoms with E-state index in [1.54, 1.807) is 6.92 Å². The predicted octanol–water partition coefficient (Wildman–Crippen LogP) is 1.22. The fraction of sp³-hybridized carbons (Fsp3) is 0.579. The first kappa shape index (κ1) is 20.7. The molecule has 1 atom stereocenters. The third kappa shape index (κ3) is 3.91. The lowest BCUT2D eigenvalue weighted by atomic mass is 10.1. The van der Waals surface area contributed by atoms with Crippen LogP contribution in [0.25, 0.3) is 0 Å². The minimum atomic E-state index is -3.99. The zero-order valence-corrected chi connectivity index (χ0v) is 17.2. The topological polar surface area (TPSA) is 78.0 Å². The minimum absolute atomic E-state index is 0.0310. The summed E-state index contributed by atoms with van der Waals surface area (Å²) in [6.07, 6.45) is 0.424. The molecule has 0 N–H and O–H groups in total. The van der Waals surface area contributed by atoms with Gasteiger partial charge in [-0.25, -0.2) is 12.8 Å².